The molecule has 0 radical (unpaired) electrons. The molecule has 0 aromatic heterocycles. The van der Waals surface area contributed by atoms with Crippen molar-refractivity contribution in [3.63, 3.8) is 0 Å². The molecule has 0 saturated carbocycles. The first kappa shape index (κ1) is 17.8. The molecule has 1 saturated heterocycles. The molecule has 5 nitrogen and oxygen atoms in total. The fraction of sp³-hybridized carbons (Fsp3) is 0.611. The van der Waals surface area contributed by atoms with Crippen molar-refractivity contribution in [2.75, 3.05) is 38.2 Å². The monoisotopic (exact) mass is 319 g/mol. The van der Waals surface area contributed by atoms with Crippen LogP contribution >= 0.6 is 0 Å². The zero-order valence-corrected chi connectivity index (χ0v) is 14.5. The minimum Gasteiger partial charge on any atom is -0.379 e. The third kappa shape index (κ3) is 6.20. The van der Waals surface area contributed by atoms with Crippen molar-refractivity contribution in [2.24, 2.45) is 5.92 Å². The second-order valence-electron chi connectivity index (χ2n) is 6.53. The Labute approximate surface area is 139 Å². The van der Waals surface area contributed by atoms with Crippen molar-refractivity contribution < 1.29 is 9.53 Å². The number of urea groups is 1. The number of carbonyl (C=O) groups is 1. The highest BCUT2D eigenvalue weighted by Gasteiger charge is 2.11. The largest absolute Gasteiger partial charge is 0.379 e. The van der Waals surface area contributed by atoms with E-state index in [9.17, 15) is 4.79 Å². The Kier molecular flexibility index (Phi) is 6.86. The number of hydrogen-bond acceptors (Lipinski definition) is 3. The molecule has 23 heavy (non-hydrogen) atoms. The summed E-state index contributed by atoms with van der Waals surface area (Å²) in [6.07, 6.45) is 1.02. The minimum absolute atomic E-state index is 0.146. The Morgan fingerprint density at radius 2 is 1.83 bits per heavy atom. The molecule has 5 heteroatoms. The molecule has 2 rings (SSSR count). The van der Waals surface area contributed by atoms with E-state index in [1.807, 2.05) is 19.1 Å². The van der Waals surface area contributed by atoms with Gasteiger partial charge in [-0.3, -0.25) is 4.90 Å². The highest BCUT2D eigenvalue weighted by atomic mass is 16.5. The second-order valence-corrected chi connectivity index (χ2v) is 6.53. The topological polar surface area (TPSA) is 53.6 Å². The van der Waals surface area contributed by atoms with Crippen LogP contribution in [0.15, 0.2) is 24.3 Å². The van der Waals surface area contributed by atoms with Crippen LogP contribution in [0.25, 0.3) is 0 Å². The maximum Gasteiger partial charge on any atom is 0.319 e. The number of anilines is 1. The Balaban J connectivity index is 1.76. The SMILES string of the molecule is CC(C)[C@@H](C)NC(=O)Nc1ccc(CCN2CCOCC2)cc1. The Hall–Kier alpha value is -1.59. The molecule has 1 aromatic carbocycles. The van der Waals surface area contributed by atoms with Crippen LogP contribution in [0.1, 0.15) is 26.3 Å². The Morgan fingerprint density at radius 1 is 1.17 bits per heavy atom. The van der Waals surface area contributed by atoms with Crippen molar-refractivity contribution in [3.8, 4) is 0 Å². The van der Waals surface area contributed by atoms with E-state index in [1.54, 1.807) is 0 Å². The van der Waals surface area contributed by atoms with Gasteiger partial charge in [-0.05, 0) is 37.0 Å². The maximum atomic E-state index is 11.9. The van der Waals surface area contributed by atoms with Crippen LogP contribution in [0.2, 0.25) is 0 Å². The number of amides is 2. The maximum absolute atomic E-state index is 11.9. The number of nitrogens with one attached hydrogen (secondary N) is 2. The summed E-state index contributed by atoms with van der Waals surface area (Å²) in [6.45, 7) is 11.0. The zero-order chi connectivity index (χ0) is 16.7. The number of hydrogen-bond donors (Lipinski definition) is 2. The molecule has 0 aliphatic carbocycles. The zero-order valence-electron chi connectivity index (χ0n) is 14.5. The standard InChI is InChI=1S/C18H29N3O2/c1-14(2)15(3)19-18(22)20-17-6-4-16(5-7-17)8-9-21-10-12-23-13-11-21/h4-7,14-15H,8-13H2,1-3H3,(H2,19,20,22)/t15-/m1/s1. The highest BCUT2D eigenvalue weighted by Crippen LogP contribution is 2.11. The fourth-order valence-corrected chi connectivity index (χ4v) is 2.41. The van der Waals surface area contributed by atoms with Crippen molar-refractivity contribution in [1.29, 1.82) is 0 Å². The molecule has 0 bridgehead atoms. The molecule has 1 atom stereocenters. The molecule has 0 unspecified atom stereocenters. The van der Waals surface area contributed by atoms with Gasteiger partial charge in [0.05, 0.1) is 13.2 Å². The van der Waals surface area contributed by atoms with Crippen molar-refractivity contribution >= 4 is 11.7 Å². The Morgan fingerprint density at radius 3 is 2.43 bits per heavy atom. The molecular formula is C18H29N3O2. The summed E-state index contributed by atoms with van der Waals surface area (Å²) >= 11 is 0. The molecule has 1 aliphatic heterocycles. The summed E-state index contributed by atoms with van der Waals surface area (Å²) in [4.78, 5) is 14.3. The number of morpholine rings is 1. The third-order valence-electron chi connectivity index (χ3n) is 4.39. The first-order valence-corrected chi connectivity index (χ1v) is 8.51. The molecule has 0 spiro atoms. The lowest BCUT2D eigenvalue weighted by atomic mass is 10.1. The normalized spacial score (nSPS) is 17.0. The van der Waals surface area contributed by atoms with Crippen LogP contribution in [0.5, 0.6) is 0 Å². The van der Waals surface area contributed by atoms with Crippen molar-refractivity contribution in [2.45, 2.75) is 33.2 Å². The molecule has 1 fully saturated rings. The first-order chi connectivity index (χ1) is 11.0. The van der Waals surface area contributed by atoms with Gasteiger partial charge in [-0.25, -0.2) is 4.79 Å². The van der Waals surface area contributed by atoms with Crippen LogP contribution in [0.4, 0.5) is 10.5 Å². The average Bonchev–Trinajstić information content (AvgIpc) is 2.55. The quantitative estimate of drug-likeness (QED) is 0.848. The fourth-order valence-electron chi connectivity index (χ4n) is 2.41. The van der Waals surface area contributed by atoms with Gasteiger partial charge < -0.3 is 15.4 Å². The third-order valence-corrected chi connectivity index (χ3v) is 4.39. The summed E-state index contributed by atoms with van der Waals surface area (Å²) in [6, 6.07) is 8.11. The van der Waals surface area contributed by atoms with E-state index in [1.165, 1.54) is 5.56 Å². The van der Waals surface area contributed by atoms with E-state index >= 15 is 0 Å². The summed E-state index contributed by atoms with van der Waals surface area (Å²) in [7, 11) is 0. The number of rotatable bonds is 6. The molecule has 1 aromatic rings. The van der Waals surface area contributed by atoms with E-state index in [0.717, 1.165) is 45.0 Å². The molecular weight excluding hydrogens is 290 g/mol. The van der Waals surface area contributed by atoms with Crippen LogP contribution < -0.4 is 10.6 Å². The van der Waals surface area contributed by atoms with Crippen LogP contribution in [-0.4, -0.2) is 49.8 Å². The molecule has 2 N–H and O–H groups in total. The lowest BCUT2D eigenvalue weighted by Crippen LogP contribution is -2.39. The van der Waals surface area contributed by atoms with Gasteiger partial charge in [-0.2, -0.15) is 0 Å². The van der Waals surface area contributed by atoms with Gasteiger partial charge in [0.2, 0.25) is 0 Å². The van der Waals surface area contributed by atoms with Gasteiger partial charge in [-0.1, -0.05) is 26.0 Å². The summed E-state index contributed by atoms with van der Waals surface area (Å²) < 4.78 is 5.36. The molecule has 128 valence electrons. The van der Waals surface area contributed by atoms with E-state index in [2.05, 4.69) is 41.5 Å². The van der Waals surface area contributed by atoms with Crippen molar-refractivity contribution in [3.05, 3.63) is 29.8 Å². The number of benzene rings is 1. The summed E-state index contributed by atoms with van der Waals surface area (Å²) in [5.74, 6) is 0.420. The number of carbonyl (C=O) groups excluding carboxylic acids is 1. The minimum atomic E-state index is -0.146. The highest BCUT2D eigenvalue weighted by molar-refractivity contribution is 5.89. The van der Waals surface area contributed by atoms with E-state index in [-0.39, 0.29) is 12.1 Å². The molecule has 1 heterocycles. The molecule has 1 aliphatic rings. The van der Waals surface area contributed by atoms with Crippen LogP contribution in [0.3, 0.4) is 0 Å². The van der Waals surface area contributed by atoms with Gasteiger partial charge in [0.25, 0.3) is 0 Å². The second kappa shape index (κ2) is 8.89. The van der Waals surface area contributed by atoms with E-state index in [4.69, 9.17) is 4.74 Å². The van der Waals surface area contributed by atoms with Gasteiger partial charge >= 0.3 is 6.03 Å². The van der Waals surface area contributed by atoms with Crippen LogP contribution in [-0.2, 0) is 11.2 Å². The smallest absolute Gasteiger partial charge is 0.319 e. The van der Waals surface area contributed by atoms with E-state index in [0.29, 0.717) is 5.92 Å². The first-order valence-electron chi connectivity index (χ1n) is 8.51. The Bertz CT molecular complexity index is 482. The van der Waals surface area contributed by atoms with Gasteiger partial charge in [0, 0.05) is 31.4 Å². The lowest BCUT2D eigenvalue weighted by molar-refractivity contribution is 0.0384. The molecule has 2 amide bonds. The van der Waals surface area contributed by atoms with Crippen molar-refractivity contribution in [1.82, 2.24) is 10.2 Å². The van der Waals surface area contributed by atoms with Gasteiger partial charge in [0.15, 0.2) is 0 Å². The van der Waals surface area contributed by atoms with Crippen LogP contribution in [0, 0.1) is 5.92 Å². The summed E-state index contributed by atoms with van der Waals surface area (Å²) in [5.41, 5.74) is 2.12. The number of nitrogens with zero attached hydrogens (tertiary/aromatic N) is 1. The van der Waals surface area contributed by atoms with Gasteiger partial charge in [0.1, 0.15) is 0 Å². The summed E-state index contributed by atoms with van der Waals surface area (Å²) in [5, 5.41) is 5.83. The predicted molar refractivity (Wildman–Crippen MR) is 93.9 cm³/mol. The van der Waals surface area contributed by atoms with Gasteiger partial charge in [-0.15, -0.1) is 0 Å². The number of ether oxygens (including phenoxy) is 1. The lowest BCUT2D eigenvalue weighted by Gasteiger charge is -2.26. The van der Waals surface area contributed by atoms with E-state index < -0.39 is 0 Å². The predicted octanol–water partition coefficient (Wildman–Crippen LogP) is 2.73. The average molecular weight is 319 g/mol.